The van der Waals surface area contributed by atoms with E-state index in [4.69, 9.17) is 5.73 Å². The van der Waals surface area contributed by atoms with Gasteiger partial charge in [0.1, 0.15) is 5.82 Å². The molecule has 0 aliphatic heterocycles. The molecule has 0 aliphatic rings. The summed E-state index contributed by atoms with van der Waals surface area (Å²) in [6.07, 6.45) is 6.70. The van der Waals surface area contributed by atoms with Gasteiger partial charge >= 0.3 is 0 Å². The van der Waals surface area contributed by atoms with Crippen LogP contribution in [-0.2, 0) is 4.79 Å². The lowest BCUT2D eigenvalue weighted by molar-refractivity contribution is -0.117. The summed E-state index contributed by atoms with van der Waals surface area (Å²) >= 11 is 0. The number of imidazole rings is 1. The van der Waals surface area contributed by atoms with Crippen LogP contribution >= 0.6 is 0 Å². The van der Waals surface area contributed by atoms with E-state index in [2.05, 4.69) is 15.3 Å². The number of pyridine rings is 1. The van der Waals surface area contributed by atoms with Gasteiger partial charge in [-0.1, -0.05) is 13.3 Å². The van der Waals surface area contributed by atoms with Gasteiger partial charge in [-0.15, -0.1) is 0 Å². The maximum Gasteiger partial charge on any atom is 0.241 e. The summed E-state index contributed by atoms with van der Waals surface area (Å²) in [6.45, 7) is 3.88. The van der Waals surface area contributed by atoms with Gasteiger partial charge in [-0.2, -0.15) is 0 Å². The molecule has 0 saturated carbocycles. The summed E-state index contributed by atoms with van der Waals surface area (Å²) in [4.78, 5) is 20.5. The van der Waals surface area contributed by atoms with E-state index in [0.717, 1.165) is 12.2 Å². The summed E-state index contributed by atoms with van der Waals surface area (Å²) in [5.74, 6) is 1.25. The fourth-order valence-electron chi connectivity index (χ4n) is 1.96. The van der Waals surface area contributed by atoms with Gasteiger partial charge in [0.25, 0.3) is 0 Å². The lowest BCUT2D eigenvalue weighted by atomic mass is 10.1. The number of hydrogen-bond acceptors (Lipinski definition) is 4. The SMILES string of the molecule is CCC[C@H](N)C(=O)Nc1cccnc1-n1ccnc1C. The molecule has 2 heterocycles. The first-order valence-electron chi connectivity index (χ1n) is 6.65. The minimum atomic E-state index is -0.503. The third kappa shape index (κ3) is 3.03. The Hall–Kier alpha value is -2.21. The number of hydrogen-bond donors (Lipinski definition) is 2. The molecule has 2 rings (SSSR count). The van der Waals surface area contributed by atoms with Gasteiger partial charge in [-0.25, -0.2) is 9.97 Å². The first kappa shape index (κ1) is 14.2. The molecule has 3 N–H and O–H groups in total. The number of rotatable bonds is 5. The molecule has 6 nitrogen and oxygen atoms in total. The number of aryl methyl sites for hydroxylation is 1. The second-order valence-electron chi connectivity index (χ2n) is 4.60. The maximum atomic E-state index is 12.0. The highest BCUT2D eigenvalue weighted by Gasteiger charge is 2.15. The van der Waals surface area contributed by atoms with Crippen molar-refractivity contribution in [2.75, 3.05) is 5.32 Å². The summed E-state index contributed by atoms with van der Waals surface area (Å²) in [6, 6.07) is 3.08. The fourth-order valence-corrected chi connectivity index (χ4v) is 1.96. The number of nitrogens with one attached hydrogen (secondary N) is 1. The molecule has 0 aliphatic carbocycles. The lowest BCUT2D eigenvalue weighted by Gasteiger charge is -2.14. The van der Waals surface area contributed by atoms with Crippen molar-refractivity contribution in [1.29, 1.82) is 0 Å². The van der Waals surface area contributed by atoms with Gasteiger partial charge in [0.15, 0.2) is 5.82 Å². The fraction of sp³-hybridized carbons (Fsp3) is 0.357. The van der Waals surface area contributed by atoms with E-state index in [9.17, 15) is 4.79 Å². The molecule has 0 bridgehead atoms. The lowest BCUT2D eigenvalue weighted by Crippen LogP contribution is -2.35. The third-order valence-electron chi connectivity index (χ3n) is 3.03. The van der Waals surface area contributed by atoms with Crippen molar-refractivity contribution in [2.45, 2.75) is 32.7 Å². The minimum absolute atomic E-state index is 0.195. The number of nitrogens with two attached hydrogens (primary N) is 1. The summed E-state index contributed by atoms with van der Waals surface area (Å²) < 4.78 is 1.82. The average molecular weight is 273 g/mol. The second-order valence-corrected chi connectivity index (χ2v) is 4.60. The molecule has 0 radical (unpaired) electrons. The number of amides is 1. The Bertz CT molecular complexity index is 593. The van der Waals surface area contributed by atoms with Crippen molar-refractivity contribution in [2.24, 2.45) is 5.73 Å². The highest BCUT2D eigenvalue weighted by molar-refractivity contribution is 5.96. The van der Waals surface area contributed by atoms with Gasteiger partial charge in [0, 0.05) is 18.6 Å². The van der Waals surface area contributed by atoms with E-state index in [0.29, 0.717) is 17.9 Å². The minimum Gasteiger partial charge on any atom is -0.322 e. The highest BCUT2D eigenvalue weighted by atomic mass is 16.2. The zero-order chi connectivity index (χ0) is 14.5. The Morgan fingerprint density at radius 1 is 1.45 bits per heavy atom. The molecule has 0 spiro atoms. The van der Waals surface area contributed by atoms with Gasteiger partial charge in [0.2, 0.25) is 5.91 Å². The van der Waals surface area contributed by atoms with Crippen LogP contribution in [0.4, 0.5) is 5.69 Å². The van der Waals surface area contributed by atoms with Gasteiger partial charge < -0.3 is 11.1 Å². The van der Waals surface area contributed by atoms with Crippen LogP contribution in [-0.4, -0.2) is 26.5 Å². The van der Waals surface area contributed by atoms with E-state index < -0.39 is 6.04 Å². The second kappa shape index (κ2) is 6.29. The molecule has 106 valence electrons. The van der Waals surface area contributed by atoms with Crippen LogP contribution < -0.4 is 11.1 Å². The van der Waals surface area contributed by atoms with E-state index in [-0.39, 0.29) is 5.91 Å². The molecule has 1 atom stereocenters. The molecule has 0 saturated heterocycles. The largest absolute Gasteiger partial charge is 0.322 e. The molecule has 2 aromatic rings. The summed E-state index contributed by atoms with van der Waals surface area (Å²) in [5, 5.41) is 2.84. The molecular formula is C14H19N5O. The van der Waals surface area contributed by atoms with Crippen molar-refractivity contribution in [3.63, 3.8) is 0 Å². The highest BCUT2D eigenvalue weighted by Crippen LogP contribution is 2.18. The van der Waals surface area contributed by atoms with Crippen LogP contribution in [0.2, 0.25) is 0 Å². The van der Waals surface area contributed by atoms with E-state index in [1.807, 2.05) is 18.4 Å². The van der Waals surface area contributed by atoms with Crippen molar-refractivity contribution in [3.05, 3.63) is 36.5 Å². The standard InChI is InChI=1S/C14H19N5O/c1-3-5-11(15)14(20)18-12-6-4-7-17-13(12)19-9-8-16-10(19)2/h4,6-9,11H,3,5,15H2,1-2H3,(H,18,20)/t11-/m0/s1. The van der Waals surface area contributed by atoms with Crippen LogP contribution in [0.1, 0.15) is 25.6 Å². The van der Waals surface area contributed by atoms with Gasteiger partial charge in [0.05, 0.1) is 11.7 Å². The predicted octanol–water partition coefficient (Wildman–Crippen LogP) is 1.64. The Morgan fingerprint density at radius 2 is 2.25 bits per heavy atom. The predicted molar refractivity (Wildman–Crippen MR) is 77.6 cm³/mol. The van der Waals surface area contributed by atoms with E-state index >= 15 is 0 Å². The average Bonchev–Trinajstić information content (AvgIpc) is 2.86. The van der Waals surface area contributed by atoms with Crippen molar-refractivity contribution < 1.29 is 4.79 Å². The van der Waals surface area contributed by atoms with Crippen molar-refractivity contribution in [1.82, 2.24) is 14.5 Å². The van der Waals surface area contributed by atoms with Crippen LogP contribution in [0.15, 0.2) is 30.7 Å². The maximum absolute atomic E-state index is 12.0. The molecular weight excluding hydrogens is 254 g/mol. The number of carbonyl (C=O) groups excluding carboxylic acids is 1. The molecule has 6 heteroatoms. The number of nitrogens with zero attached hydrogens (tertiary/aromatic N) is 3. The van der Waals surface area contributed by atoms with Crippen LogP contribution in [0.3, 0.4) is 0 Å². The topological polar surface area (TPSA) is 85.8 Å². The smallest absolute Gasteiger partial charge is 0.241 e. The molecule has 0 unspecified atom stereocenters. The van der Waals surface area contributed by atoms with Crippen LogP contribution in [0, 0.1) is 6.92 Å². The molecule has 20 heavy (non-hydrogen) atoms. The van der Waals surface area contributed by atoms with E-state index in [1.165, 1.54) is 0 Å². The Kier molecular flexibility index (Phi) is 4.47. The molecule has 0 aromatic carbocycles. The summed E-state index contributed by atoms with van der Waals surface area (Å²) in [7, 11) is 0. The normalized spacial score (nSPS) is 12.2. The Labute approximate surface area is 118 Å². The summed E-state index contributed by atoms with van der Waals surface area (Å²) in [5.41, 5.74) is 6.45. The zero-order valence-corrected chi connectivity index (χ0v) is 11.7. The molecule has 1 amide bonds. The van der Waals surface area contributed by atoms with E-state index in [1.54, 1.807) is 30.7 Å². The van der Waals surface area contributed by atoms with Gasteiger partial charge in [-0.05, 0) is 25.5 Å². The Balaban J connectivity index is 2.25. The zero-order valence-electron chi connectivity index (χ0n) is 11.7. The first-order valence-corrected chi connectivity index (χ1v) is 6.65. The number of aromatic nitrogens is 3. The van der Waals surface area contributed by atoms with Crippen molar-refractivity contribution in [3.8, 4) is 5.82 Å². The van der Waals surface area contributed by atoms with Crippen LogP contribution in [0.25, 0.3) is 5.82 Å². The number of carbonyl (C=O) groups is 1. The first-order chi connectivity index (χ1) is 9.63. The number of anilines is 1. The molecule has 2 aromatic heterocycles. The van der Waals surface area contributed by atoms with Crippen molar-refractivity contribution >= 4 is 11.6 Å². The third-order valence-corrected chi connectivity index (χ3v) is 3.03. The molecule has 0 fully saturated rings. The Morgan fingerprint density at radius 3 is 2.90 bits per heavy atom. The quantitative estimate of drug-likeness (QED) is 0.867. The monoisotopic (exact) mass is 273 g/mol. The van der Waals surface area contributed by atoms with Gasteiger partial charge in [-0.3, -0.25) is 9.36 Å². The van der Waals surface area contributed by atoms with Crippen LogP contribution in [0.5, 0.6) is 0 Å².